The highest BCUT2D eigenvalue weighted by Gasteiger charge is 2.27. The van der Waals surface area contributed by atoms with Crippen molar-refractivity contribution in [3.8, 4) is 0 Å². The van der Waals surface area contributed by atoms with E-state index in [0.29, 0.717) is 24.0 Å². The number of rotatable bonds is 3. The maximum atomic E-state index is 12.9. The molecule has 1 fully saturated rings. The number of benzene rings is 2. The van der Waals surface area contributed by atoms with Crippen LogP contribution >= 0.6 is 0 Å². The van der Waals surface area contributed by atoms with Gasteiger partial charge in [0.2, 0.25) is 5.91 Å². The molecule has 1 aromatic heterocycles. The third kappa shape index (κ3) is 3.28. The van der Waals surface area contributed by atoms with E-state index in [2.05, 4.69) is 27.3 Å². The molecule has 0 aliphatic carbocycles. The molecule has 0 spiro atoms. The van der Waals surface area contributed by atoms with E-state index < -0.39 is 6.04 Å². The van der Waals surface area contributed by atoms with Crippen LogP contribution in [-0.2, 0) is 4.79 Å². The van der Waals surface area contributed by atoms with Crippen LogP contribution in [0.15, 0.2) is 59.4 Å². The fourth-order valence-corrected chi connectivity index (χ4v) is 3.45. The minimum Gasteiger partial charge on any atom is -0.368 e. The molecule has 138 valence electrons. The van der Waals surface area contributed by atoms with E-state index in [-0.39, 0.29) is 11.5 Å². The molecular weight excluding hydrogens is 342 g/mol. The van der Waals surface area contributed by atoms with Crippen LogP contribution in [0, 0.1) is 0 Å². The molecular formula is C20H21N5O2. The Morgan fingerprint density at radius 2 is 1.63 bits per heavy atom. The summed E-state index contributed by atoms with van der Waals surface area (Å²) in [6, 6.07) is 16.5. The lowest BCUT2D eigenvalue weighted by Gasteiger charge is -2.37. The van der Waals surface area contributed by atoms with E-state index in [1.165, 1.54) is 4.68 Å². The molecule has 4 rings (SSSR count). The molecule has 27 heavy (non-hydrogen) atoms. The number of anilines is 1. The quantitative estimate of drug-likeness (QED) is 0.708. The predicted molar refractivity (Wildman–Crippen MR) is 104 cm³/mol. The Morgan fingerprint density at radius 3 is 2.37 bits per heavy atom. The summed E-state index contributed by atoms with van der Waals surface area (Å²) in [6.07, 6.45) is 0. The molecule has 0 bridgehead atoms. The third-order valence-electron chi connectivity index (χ3n) is 5.03. The Hall–Kier alpha value is -3.22. The van der Waals surface area contributed by atoms with Gasteiger partial charge in [-0.1, -0.05) is 35.5 Å². The average Bonchev–Trinajstić information content (AvgIpc) is 2.74. The minimum absolute atomic E-state index is 0.102. The SMILES string of the molecule is CC(C(=O)N1CCN(c2ccccc2)CC1)n1nnc2ccccc2c1=O. The molecule has 1 atom stereocenters. The molecule has 7 nitrogen and oxygen atoms in total. The van der Waals surface area contributed by atoms with Crippen LogP contribution in [0.5, 0.6) is 0 Å². The highest BCUT2D eigenvalue weighted by molar-refractivity contribution is 5.81. The van der Waals surface area contributed by atoms with E-state index in [1.54, 1.807) is 30.0 Å². The van der Waals surface area contributed by atoms with Gasteiger partial charge in [-0.3, -0.25) is 9.59 Å². The average molecular weight is 363 g/mol. The number of nitrogens with zero attached hydrogens (tertiary/aromatic N) is 5. The lowest BCUT2D eigenvalue weighted by atomic mass is 10.2. The van der Waals surface area contributed by atoms with Crippen LogP contribution < -0.4 is 10.5 Å². The summed E-state index contributed by atoms with van der Waals surface area (Å²) in [5, 5.41) is 8.53. The van der Waals surface area contributed by atoms with Gasteiger partial charge in [-0.25, -0.2) is 0 Å². The highest BCUT2D eigenvalue weighted by atomic mass is 16.2. The number of piperazine rings is 1. The molecule has 1 aliphatic rings. The Bertz CT molecular complexity index is 1010. The van der Waals surface area contributed by atoms with Crippen LogP contribution in [0.25, 0.3) is 10.9 Å². The largest absolute Gasteiger partial charge is 0.368 e. The summed E-state index contributed by atoms with van der Waals surface area (Å²) in [5.74, 6) is -0.102. The van der Waals surface area contributed by atoms with E-state index in [1.807, 2.05) is 24.3 Å². The van der Waals surface area contributed by atoms with Gasteiger partial charge in [0, 0.05) is 31.9 Å². The van der Waals surface area contributed by atoms with Crippen LogP contribution in [0.4, 0.5) is 5.69 Å². The molecule has 7 heteroatoms. The Kier molecular flexibility index (Phi) is 4.58. The van der Waals surface area contributed by atoms with Crippen LogP contribution in [-0.4, -0.2) is 52.0 Å². The summed E-state index contributed by atoms with van der Waals surface area (Å²) in [6.45, 7) is 4.47. The monoisotopic (exact) mass is 363 g/mol. The van der Waals surface area contributed by atoms with Gasteiger partial charge in [0.1, 0.15) is 11.6 Å². The number of carbonyl (C=O) groups is 1. The number of fused-ring (bicyclic) bond motifs is 1. The molecule has 1 aliphatic heterocycles. The van der Waals surface area contributed by atoms with Crippen molar-refractivity contribution in [1.29, 1.82) is 0 Å². The van der Waals surface area contributed by atoms with Gasteiger partial charge >= 0.3 is 0 Å². The van der Waals surface area contributed by atoms with Crippen molar-refractivity contribution >= 4 is 22.5 Å². The molecule has 1 unspecified atom stereocenters. The lowest BCUT2D eigenvalue weighted by molar-refractivity contribution is -0.135. The van der Waals surface area contributed by atoms with Crippen LogP contribution in [0.2, 0.25) is 0 Å². The molecule has 1 amide bonds. The standard InChI is InChI=1S/C20H21N5O2/c1-15(25-20(27)17-9-5-6-10-18(17)21-22-25)19(26)24-13-11-23(12-14-24)16-7-3-2-4-8-16/h2-10,15H,11-14H2,1H3. The van der Waals surface area contributed by atoms with Gasteiger partial charge in [-0.2, -0.15) is 4.68 Å². The van der Waals surface area contributed by atoms with Crippen molar-refractivity contribution < 1.29 is 4.79 Å². The van der Waals surface area contributed by atoms with Crippen molar-refractivity contribution in [2.24, 2.45) is 0 Å². The maximum absolute atomic E-state index is 12.9. The van der Waals surface area contributed by atoms with Crippen molar-refractivity contribution in [3.05, 3.63) is 65.0 Å². The van der Waals surface area contributed by atoms with Gasteiger partial charge in [0.05, 0.1) is 5.39 Å². The van der Waals surface area contributed by atoms with Crippen molar-refractivity contribution in [2.45, 2.75) is 13.0 Å². The highest BCUT2D eigenvalue weighted by Crippen LogP contribution is 2.17. The zero-order valence-electron chi connectivity index (χ0n) is 15.2. The number of hydrogen-bond acceptors (Lipinski definition) is 5. The fourth-order valence-electron chi connectivity index (χ4n) is 3.45. The second-order valence-electron chi connectivity index (χ2n) is 6.68. The van der Waals surface area contributed by atoms with Crippen molar-refractivity contribution in [3.63, 3.8) is 0 Å². The Labute approximate surface area is 156 Å². The fraction of sp³-hybridized carbons (Fsp3) is 0.300. The smallest absolute Gasteiger partial charge is 0.278 e. The predicted octanol–water partition coefficient (Wildman–Crippen LogP) is 1.70. The molecule has 3 aromatic rings. The lowest BCUT2D eigenvalue weighted by Crippen LogP contribution is -2.51. The number of aromatic nitrogens is 3. The number of carbonyl (C=O) groups excluding carboxylic acids is 1. The number of amides is 1. The van der Waals surface area contributed by atoms with Gasteiger partial charge in [0.15, 0.2) is 0 Å². The van der Waals surface area contributed by atoms with E-state index in [4.69, 9.17) is 0 Å². The van der Waals surface area contributed by atoms with Gasteiger partial charge in [-0.15, -0.1) is 5.10 Å². The van der Waals surface area contributed by atoms with Crippen molar-refractivity contribution in [1.82, 2.24) is 19.9 Å². The van der Waals surface area contributed by atoms with Gasteiger partial charge in [-0.05, 0) is 31.2 Å². The van der Waals surface area contributed by atoms with Crippen LogP contribution in [0.1, 0.15) is 13.0 Å². The normalized spacial score (nSPS) is 15.7. The summed E-state index contributed by atoms with van der Waals surface area (Å²) in [7, 11) is 0. The van der Waals surface area contributed by atoms with Gasteiger partial charge in [0.25, 0.3) is 5.56 Å². The zero-order valence-corrected chi connectivity index (χ0v) is 15.2. The Balaban J connectivity index is 1.49. The Morgan fingerprint density at radius 1 is 0.963 bits per heavy atom. The first-order valence-corrected chi connectivity index (χ1v) is 9.08. The first-order chi connectivity index (χ1) is 13.1. The number of para-hydroxylation sites is 1. The summed E-state index contributed by atoms with van der Waals surface area (Å²) >= 11 is 0. The molecule has 0 saturated carbocycles. The van der Waals surface area contributed by atoms with Gasteiger partial charge < -0.3 is 9.80 Å². The second kappa shape index (κ2) is 7.19. The topological polar surface area (TPSA) is 71.3 Å². The van der Waals surface area contributed by atoms with E-state index in [9.17, 15) is 9.59 Å². The second-order valence-corrected chi connectivity index (χ2v) is 6.68. The summed E-state index contributed by atoms with van der Waals surface area (Å²) < 4.78 is 1.19. The zero-order chi connectivity index (χ0) is 18.8. The molecule has 1 saturated heterocycles. The summed E-state index contributed by atoms with van der Waals surface area (Å²) in [5.41, 5.74) is 1.41. The van der Waals surface area contributed by atoms with Crippen molar-refractivity contribution in [2.75, 3.05) is 31.1 Å². The summed E-state index contributed by atoms with van der Waals surface area (Å²) in [4.78, 5) is 29.6. The molecule has 0 N–H and O–H groups in total. The van der Waals surface area contributed by atoms with E-state index in [0.717, 1.165) is 18.8 Å². The van der Waals surface area contributed by atoms with E-state index >= 15 is 0 Å². The third-order valence-corrected chi connectivity index (χ3v) is 5.03. The minimum atomic E-state index is -0.683. The molecule has 0 radical (unpaired) electrons. The number of hydrogen-bond donors (Lipinski definition) is 0. The maximum Gasteiger partial charge on any atom is 0.278 e. The van der Waals surface area contributed by atoms with Crippen LogP contribution in [0.3, 0.4) is 0 Å². The first kappa shape index (κ1) is 17.2. The molecule has 2 aromatic carbocycles. The molecule has 2 heterocycles. The first-order valence-electron chi connectivity index (χ1n) is 9.08.